The number of fused-ring (bicyclic) bond motifs is 1. The lowest BCUT2D eigenvalue weighted by Gasteiger charge is -2.36. The summed E-state index contributed by atoms with van der Waals surface area (Å²) < 4.78 is 0. The number of piperidine rings is 1. The third kappa shape index (κ3) is 6.41. The second kappa shape index (κ2) is 12.6. The Labute approximate surface area is 254 Å². The lowest BCUT2D eigenvalue weighted by Crippen LogP contribution is -2.52. The van der Waals surface area contributed by atoms with Crippen LogP contribution < -0.4 is 20.9 Å². The van der Waals surface area contributed by atoms with Crippen LogP contribution in [0.4, 0.5) is 11.6 Å². The van der Waals surface area contributed by atoms with E-state index in [1.165, 1.54) is 0 Å². The number of carbonyl (C=O) groups excluding carboxylic acids is 4. The third-order valence-electron chi connectivity index (χ3n) is 8.24. The zero-order chi connectivity index (χ0) is 30.6. The van der Waals surface area contributed by atoms with Crippen molar-refractivity contribution in [3.8, 4) is 11.1 Å². The van der Waals surface area contributed by atoms with Crippen LogP contribution in [0.5, 0.6) is 0 Å². The summed E-state index contributed by atoms with van der Waals surface area (Å²) in [7, 11) is 0. The highest BCUT2D eigenvalue weighted by molar-refractivity contribution is 6.03. The zero-order valence-corrected chi connectivity index (χ0v) is 24.3. The van der Waals surface area contributed by atoms with Crippen molar-refractivity contribution in [1.82, 2.24) is 25.6 Å². The van der Waals surface area contributed by atoms with Gasteiger partial charge in [-0.05, 0) is 61.9 Å². The van der Waals surface area contributed by atoms with Crippen molar-refractivity contribution >= 4 is 46.2 Å². The molecule has 1 aliphatic carbocycles. The predicted molar refractivity (Wildman–Crippen MR) is 166 cm³/mol. The van der Waals surface area contributed by atoms with E-state index in [4.69, 9.17) is 0 Å². The van der Waals surface area contributed by atoms with Gasteiger partial charge in [-0.1, -0.05) is 36.4 Å². The van der Waals surface area contributed by atoms with E-state index < -0.39 is 17.9 Å². The minimum absolute atomic E-state index is 0.0000623. The van der Waals surface area contributed by atoms with Gasteiger partial charge in [0.05, 0.1) is 5.52 Å². The topological polar surface area (TPSA) is 146 Å². The number of anilines is 2. The van der Waals surface area contributed by atoms with Gasteiger partial charge in [0.2, 0.25) is 23.7 Å². The molecule has 2 aromatic carbocycles. The molecule has 1 saturated carbocycles. The summed E-state index contributed by atoms with van der Waals surface area (Å²) in [5.41, 5.74) is 3.63. The molecule has 4 amide bonds. The van der Waals surface area contributed by atoms with Gasteiger partial charge in [0.25, 0.3) is 5.91 Å². The number of amides is 4. The number of imide groups is 1. The smallest absolute Gasteiger partial charge is 0.270 e. The molecule has 0 unspecified atom stereocenters. The average molecular weight is 592 g/mol. The predicted octanol–water partition coefficient (Wildman–Crippen LogP) is 4.00. The lowest BCUT2D eigenvalue weighted by atomic mass is 9.89. The standard InChI is InChI=1S/C33H33N7O4/c1-20(41)40(26-13-9-24(10-14-26)36-33-35-19-23-4-2-3-5-27(23)38-33)25-11-6-21(7-12-25)22-8-15-28(34-18-22)31(43)37-29-16-17-30(42)39-32(29)44/h2-8,11-12,15,18-19,24,26,29H,9-10,13-14,16-17H2,1H3,(H,37,43)(H,35,36,38)(H,39,42,44)/t24?,26?,29-/m0/s1. The van der Waals surface area contributed by atoms with Gasteiger partial charge in [-0.15, -0.1) is 0 Å². The summed E-state index contributed by atoms with van der Waals surface area (Å²) in [6.45, 7) is 1.60. The van der Waals surface area contributed by atoms with Crippen molar-refractivity contribution in [2.75, 3.05) is 10.2 Å². The molecule has 3 N–H and O–H groups in total. The average Bonchev–Trinajstić information content (AvgIpc) is 3.03. The lowest BCUT2D eigenvalue weighted by molar-refractivity contribution is -0.134. The minimum atomic E-state index is -0.761. The van der Waals surface area contributed by atoms with Gasteiger partial charge in [-0.25, -0.2) is 9.97 Å². The molecular formula is C33H33N7O4. The number of nitrogens with one attached hydrogen (secondary N) is 3. The van der Waals surface area contributed by atoms with Gasteiger partial charge in [0.15, 0.2) is 0 Å². The first-order chi connectivity index (χ1) is 21.3. The summed E-state index contributed by atoms with van der Waals surface area (Å²) in [5.74, 6) is -0.698. The molecule has 4 aromatic rings. The van der Waals surface area contributed by atoms with Gasteiger partial charge in [-0.2, -0.15) is 0 Å². The molecule has 2 aliphatic rings. The first kappa shape index (κ1) is 28.9. The number of benzene rings is 2. The van der Waals surface area contributed by atoms with E-state index >= 15 is 0 Å². The molecule has 0 bridgehead atoms. The van der Waals surface area contributed by atoms with Crippen molar-refractivity contribution in [3.63, 3.8) is 0 Å². The Kier molecular flexibility index (Phi) is 8.27. The molecule has 11 nitrogen and oxygen atoms in total. The van der Waals surface area contributed by atoms with Gasteiger partial charge >= 0.3 is 0 Å². The summed E-state index contributed by atoms with van der Waals surface area (Å²) in [6, 6.07) is 18.6. The maximum Gasteiger partial charge on any atom is 0.270 e. The normalized spacial score (nSPS) is 20.1. The second-order valence-electron chi connectivity index (χ2n) is 11.2. The number of carbonyl (C=O) groups is 4. The molecular weight excluding hydrogens is 558 g/mol. The molecule has 44 heavy (non-hydrogen) atoms. The fraction of sp³-hybridized carbons (Fsp3) is 0.303. The molecule has 1 atom stereocenters. The first-order valence-corrected chi connectivity index (χ1v) is 14.8. The quantitative estimate of drug-likeness (QED) is 0.273. The Balaban J connectivity index is 1.06. The van der Waals surface area contributed by atoms with Gasteiger partial charge in [0.1, 0.15) is 11.7 Å². The Morgan fingerprint density at radius 1 is 0.864 bits per heavy atom. The number of nitrogens with zero attached hydrogens (tertiary/aromatic N) is 4. The van der Waals surface area contributed by atoms with E-state index in [1.807, 2.05) is 59.6 Å². The van der Waals surface area contributed by atoms with Crippen LogP contribution in [0.2, 0.25) is 0 Å². The molecule has 2 fully saturated rings. The van der Waals surface area contributed by atoms with Crippen molar-refractivity contribution < 1.29 is 19.2 Å². The highest BCUT2D eigenvalue weighted by Crippen LogP contribution is 2.31. The minimum Gasteiger partial charge on any atom is -0.351 e. The van der Waals surface area contributed by atoms with Crippen LogP contribution in [0.1, 0.15) is 55.9 Å². The van der Waals surface area contributed by atoms with Crippen molar-refractivity contribution in [1.29, 1.82) is 0 Å². The van der Waals surface area contributed by atoms with E-state index in [9.17, 15) is 19.2 Å². The molecule has 1 aliphatic heterocycles. The molecule has 11 heteroatoms. The highest BCUT2D eigenvalue weighted by Gasteiger charge is 2.30. The van der Waals surface area contributed by atoms with Gasteiger partial charge < -0.3 is 15.5 Å². The van der Waals surface area contributed by atoms with Crippen LogP contribution in [0.15, 0.2) is 73.1 Å². The van der Waals surface area contributed by atoms with Crippen LogP contribution in [0.3, 0.4) is 0 Å². The molecule has 224 valence electrons. The number of para-hydroxylation sites is 1. The highest BCUT2D eigenvalue weighted by atomic mass is 16.2. The summed E-state index contributed by atoms with van der Waals surface area (Å²) >= 11 is 0. The molecule has 3 heterocycles. The molecule has 1 saturated heterocycles. The number of pyridine rings is 1. The van der Waals surface area contributed by atoms with Crippen LogP contribution >= 0.6 is 0 Å². The second-order valence-corrected chi connectivity index (χ2v) is 11.2. The summed E-state index contributed by atoms with van der Waals surface area (Å²) in [5, 5.41) is 9.34. The third-order valence-corrected chi connectivity index (χ3v) is 8.24. The number of hydrogen-bond acceptors (Lipinski definition) is 8. The number of aromatic nitrogens is 3. The Morgan fingerprint density at radius 3 is 2.32 bits per heavy atom. The number of hydrogen-bond donors (Lipinski definition) is 3. The van der Waals surface area contributed by atoms with E-state index in [0.29, 0.717) is 5.95 Å². The van der Waals surface area contributed by atoms with Crippen LogP contribution in [-0.4, -0.2) is 56.7 Å². The molecule has 0 spiro atoms. The zero-order valence-electron chi connectivity index (χ0n) is 24.3. The van der Waals surface area contributed by atoms with Crippen LogP contribution in [0.25, 0.3) is 22.0 Å². The van der Waals surface area contributed by atoms with Crippen molar-refractivity contribution in [2.24, 2.45) is 0 Å². The monoisotopic (exact) mass is 591 g/mol. The van der Waals surface area contributed by atoms with E-state index in [2.05, 4.69) is 30.9 Å². The molecule has 2 aromatic heterocycles. The maximum absolute atomic E-state index is 12.8. The van der Waals surface area contributed by atoms with Crippen molar-refractivity contribution in [3.05, 3.63) is 78.8 Å². The number of rotatable bonds is 7. The maximum atomic E-state index is 12.8. The summed E-state index contributed by atoms with van der Waals surface area (Å²) in [4.78, 5) is 63.9. The van der Waals surface area contributed by atoms with Gasteiger partial charge in [-0.3, -0.25) is 29.5 Å². The van der Waals surface area contributed by atoms with Gasteiger partial charge in [0, 0.05) is 54.5 Å². The van der Waals surface area contributed by atoms with E-state index in [0.717, 1.165) is 53.4 Å². The first-order valence-electron chi connectivity index (χ1n) is 14.8. The summed E-state index contributed by atoms with van der Waals surface area (Å²) in [6.07, 6.45) is 7.40. The Morgan fingerprint density at radius 2 is 1.61 bits per heavy atom. The Hall–Kier alpha value is -5.19. The molecule has 0 radical (unpaired) electrons. The molecule has 6 rings (SSSR count). The fourth-order valence-electron chi connectivity index (χ4n) is 5.93. The van der Waals surface area contributed by atoms with Crippen molar-refractivity contribution in [2.45, 2.75) is 63.6 Å². The Bertz CT molecular complexity index is 1700. The fourth-order valence-corrected chi connectivity index (χ4v) is 5.93. The SMILES string of the molecule is CC(=O)N(c1ccc(-c2ccc(C(=O)N[C@H]3CCC(=O)NC3=O)nc2)cc1)C1CCC(Nc2ncc3ccccc3n2)CC1. The van der Waals surface area contributed by atoms with E-state index in [1.54, 1.807) is 25.3 Å². The van der Waals surface area contributed by atoms with Crippen LogP contribution in [-0.2, 0) is 14.4 Å². The largest absolute Gasteiger partial charge is 0.351 e. The van der Waals surface area contributed by atoms with E-state index in [-0.39, 0.29) is 42.4 Å². The van der Waals surface area contributed by atoms with Crippen LogP contribution in [0, 0.1) is 0 Å².